The third-order valence-corrected chi connectivity index (χ3v) is 8.27. The predicted molar refractivity (Wildman–Crippen MR) is 125 cm³/mol. The van der Waals surface area contributed by atoms with Crippen LogP contribution in [0.3, 0.4) is 0 Å². The molecule has 0 bridgehead atoms. The molecule has 30 heavy (non-hydrogen) atoms. The zero-order valence-corrected chi connectivity index (χ0v) is 19.2. The van der Waals surface area contributed by atoms with Gasteiger partial charge in [0.05, 0.1) is 17.5 Å². The molecule has 3 rings (SSSR count). The molecule has 1 fully saturated rings. The highest BCUT2D eigenvalue weighted by Crippen LogP contribution is 2.50. The van der Waals surface area contributed by atoms with Gasteiger partial charge in [-0.2, -0.15) is 10.6 Å². The maximum absolute atomic E-state index is 11.8. The normalized spacial score (nSPS) is 24.5. The maximum atomic E-state index is 11.8. The fraction of sp³-hybridized carbons (Fsp3) is 0.696. The monoisotopic (exact) mass is 437 g/mol. The van der Waals surface area contributed by atoms with Gasteiger partial charge < -0.3 is 16.4 Å². The standard InChI is InChI=1S/C23H39N3O3S/c1-3-17-9-10-19-14-30(28,29)15-23(20(19)11-17)25-13-21(24)22(26-16(2)27)12-18-7-5-4-6-8-18/h9-11,18,21-23,25,28-29H,3-8,12-15,24H2,1-2H3,(H,26,27)/t21-,22+,23+/m1/s1. The van der Waals surface area contributed by atoms with Crippen molar-refractivity contribution in [3.8, 4) is 0 Å². The van der Waals surface area contributed by atoms with Crippen LogP contribution in [0, 0.1) is 5.92 Å². The van der Waals surface area contributed by atoms with Crippen LogP contribution in [0.2, 0.25) is 0 Å². The highest BCUT2D eigenvalue weighted by atomic mass is 32.3. The summed E-state index contributed by atoms with van der Waals surface area (Å²) < 4.78 is 20.9. The number of amides is 1. The molecule has 1 heterocycles. The molecule has 7 heteroatoms. The Hall–Kier alpha value is -1.12. The summed E-state index contributed by atoms with van der Waals surface area (Å²) in [5.74, 6) is 1.22. The smallest absolute Gasteiger partial charge is 0.217 e. The molecule has 6 nitrogen and oxygen atoms in total. The van der Waals surface area contributed by atoms with E-state index >= 15 is 0 Å². The van der Waals surface area contributed by atoms with Gasteiger partial charge in [-0.25, -0.2) is 0 Å². The predicted octanol–water partition coefficient (Wildman–Crippen LogP) is 3.95. The minimum Gasteiger partial charge on any atom is -0.352 e. The van der Waals surface area contributed by atoms with Crippen LogP contribution in [-0.4, -0.2) is 39.4 Å². The van der Waals surface area contributed by atoms with E-state index in [1.165, 1.54) is 37.7 Å². The Bertz CT molecular complexity index is 722. The van der Waals surface area contributed by atoms with E-state index in [4.69, 9.17) is 5.73 Å². The van der Waals surface area contributed by atoms with E-state index in [9.17, 15) is 13.9 Å². The summed E-state index contributed by atoms with van der Waals surface area (Å²) in [6.45, 7) is 4.19. The Morgan fingerprint density at radius 1 is 1.27 bits per heavy atom. The lowest BCUT2D eigenvalue weighted by atomic mass is 9.83. The van der Waals surface area contributed by atoms with Crippen LogP contribution in [0.5, 0.6) is 0 Å². The highest BCUT2D eigenvalue weighted by Gasteiger charge is 2.31. The number of hydrogen-bond donors (Lipinski definition) is 5. The fourth-order valence-corrected chi connectivity index (χ4v) is 6.67. The molecule has 0 radical (unpaired) electrons. The van der Waals surface area contributed by atoms with Gasteiger partial charge in [0.1, 0.15) is 0 Å². The molecule has 2 aliphatic rings. The molecule has 0 unspecified atom stereocenters. The SMILES string of the molecule is CCc1ccc2c(c1)[C@@H](NC[C@@H](N)[C@H](CC1CCCCC1)NC(C)=O)CS(O)(O)C2. The Balaban J connectivity index is 1.67. The first-order valence-electron chi connectivity index (χ1n) is 11.4. The second kappa shape index (κ2) is 10.5. The minimum atomic E-state index is -2.65. The summed E-state index contributed by atoms with van der Waals surface area (Å²) in [4.78, 5) is 11.8. The van der Waals surface area contributed by atoms with Gasteiger partial charge in [-0.1, -0.05) is 57.2 Å². The molecule has 6 N–H and O–H groups in total. The van der Waals surface area contributed by atoms with Gasteiger partial charge >= 0.3 is 0 Å². The third kappa shape index (κ3) is 6.44. The van der Waals surface area contributed by atoms with Crippen LogP contribution in [0.15, 0.2) is 18.2 Å². The summed E-state index contributed by atoms with van der Waals surface area (Å²) in [7, 11) is -2.65. The summed E-state index contributed by atoms with van der Waals surface area (Å²) in [5.41, 5.74) is 9.95. The second-order valence-corrected chi connectivity index (χ2v) is 11.4. The summed E-state index contributed by atoms with van der Waals surface area (Å²) in [6, 6.07) is 5.85. The highest BCUT2D eigenvalue weighted by molar-refractivity contribution is 8.23. The van der Waals surface area contributed by atoms with Crippen molar-refractivity contribution in [3.63, 3.8) is 0 Å². The zero-order valence-electron chi connectivity index (χ0n) is 18.4. The van der Waals surface area contributed by atoms with E-state index in [0.29, 0.717) is 24.0 Å². The van der Waals surface area contributed by atoms with Gasteiger partial charge in [-0.3, -0.25) is 13.9 Å². The van der Waals surface area contributed by atoms with E-state index in [0.717, 1.165) is 24.0 Å². The van der Waals surface area contributed by atoms with Crippen LogP contribution >= 0.6 is 10.6 Å². The average molecular weight is 438 g/mol. The first-order valence-corrected chi connectivity index (χ1v) is 13.3. The number of rotatable bonds is 8. The van der Waals surface area contributed by atoms with Crippen molar-refractivity contribution in [2.24, 2.45) is 11.7 Å². The zero-order chi connectivity index (χ0) is 21.7. The maximum Gasteiger partial charge on any atom is 0.217 e. The number of nitrogens with one attached hydrogen (secondary N) is 2. The average Bonchev–Trinajstić information content (AvgIpc) is 2.70. The lowest BCUT2D eigenvalue weighted by Crippen LogP contribution is -2.53. The van der Waals surface area contributed by atoms with Crippen LogP contribution in [0.4, 0.5) is 0 Å². The Morgan fingerprint density at radius 2 is 2.00 bits per heavy atom. The minimum absolute atomic E-state index is 0.0453. The Morgan fingerprint density at radius 3 is 2.67 bits per heavy atom. The molecule has 170 valence electrons. The topological polar surface area (TPSA) is 108 Å². The van der Waals surface area contributed by atoms with E-state index in [1.54, 1.807) is 6.92 Å². The van der Waals surface area contributed by atoms with Gasteiger partial charge in [0.15, 0.2) is 0 Å². The van der Waals surface area contributed by atoms with Crippen LogP contribution in [-0.2, 0) is 17.0 Å². The molecule has 0 spiro atoms. The molecule has 0 aromatic heterocycles. The van der Waals surface area contributed by atoms with Crippen LogP contribution in [0.25, 0.3) is 0 Å². The number of carbonyl (C=O) groups excluding carboxylic acids is 1. The van der Waals surface area contributed by atoms with E-state index in [-0.39, 0.29) is 24.0 Å². The van der Waals surface area contributed by atoms with Crippen LogP contribution < -0.4 is 16.4 Å². The van der Waals surface area contributed by atoms with E-state index < -0.39 is 10.6 Å². The van der Waals surface area contributed by atoms with Gasteiger partial charge in [0.25, 0.3) is 0 Å². The molecule has 3 atom stereocenters. The third-order valence-electron chi connectivity index (χ3n) is 6.63. The molecule has 1 aliphatic heterocycles. The molecular formula is C23H39N3O3S. The number of carbonyl (C=O) groups is 1. The van der Waals surface area contributed by atoms with Gasteiger partial charge in [-0.15, -0.1) is 0 Å². The number of fused-ring (bicyclic) bond motifs is 1. The number of aryl methyl sites for hydroxylation is 1. The van der Waals surface area contributed by atoms with E-state index in [2.05, 4.69) is 29.7 Å². The van der Waals surface area contributed by atoms with Gasteiger partial charge in [0.2, 0.25) is 5.91 Å². The number of benzene rings is 1. The molecular weight excluding hydrogens is 398 g/mol. The van der Waals surface area contributed by atoms with Crippen molar-refractivity contribution >= 4 is 16.5 Å². The molecule has 1 aromatic carbocycles. The van der Waals surface area contributed by atoms with Gasteiger partial charge in [-0.05, 0) is 35.4 Å². The molecule has 1 saturated carbocycles. The quantitative estimate of drug-likeness (QED) is 0.423. The van der Waals surface area contributed by atoms with Crippen molar-refractivity contribution in [3.05, 3.63) is 34.9 Å². The van der Waals surface area contributed by atoms with E-state index in [1.807, 2.05) is 6.07 Å². The van der Waals surface area contributed by atoms with Crippen molar-refractivity contribution in [1.29, 1.82) is 0 Å². The molecule has 1 aromatic rings. The summed E-state index contributed by atoms with van der Waals surface area (Å²) >= 11 is 0. The lowest BCUT2D eigenvalue weighted by Gasteiger charge is -2.42. The van der Waals surface area contributed by atoms with Crippen molar-refractivity contribution in [1.82, 2.24) is 10.6 Å². The first-order chi connectivity index (χ1) is 14.3. The van der Waals surface area contributed by atoms with Crippen molar-refractivity contribution < 1.29 is 13.9 Å². The lowest BCUT2D eigenvalue weighted by molar-refractivity contribution is -0.119. The number of nitrogens with two attached hydrogens (primary N) is 1. The molecule has 0 saturated heterocycles. The largest absolute Gasteiger partial charge is 0.352 e. The molecule has 1 amide bonds. The second-order valence-electron chi connectivity index (χ2n) is 9.17. The Kier molecular flexibility index (Phi) is 8.21. The van der Waals surface area contributed by atoms with Crippen molar-refractivity contribution in [2.45, 2.75) is 82.7 Å². The Labute approximate surface area is 182 Å². The van der Waals surface area contributed by atoms with Gasteiger partial charge in [0, 0.05) is 25.6 Å². The summed E-state index contributed by atoms with van der Waals surface area (Å²) in [6.07, 6.45) is 8.13. The van der Waals surface area contributed by atoms with Crippen LogP contribution in [0.1, 0.15) is 75.1 Å². The summed E-state index contributed by atoms with van der Waals surface area (Å²) in [5, 5.41) is 6.57. The first kappa shape index (κ1) is 23.5. The molecule has 1 aliphatic carbocycles. The fourth-order valence-electron chi connectivity index (χ4n) is 4.96. The van der Waals surface area contributed by atoms with Crippen molar-refractivity contribution in [2.75, 3.05) is 12.3 Å². The number of hydrogen-bond acceptors (Lipinski definition) is 5.